The minimum Gasteiger partial charge on any atom is -0.463 e. The van der Waals surface area contributed by atoms with Crippen molar-refractivity contribution in [2.24, 2.45) is 41.4 Å². The molecule has 0 bridgehead atoms. The van der Waals surface area contributed by atoms with Crippen molar-refractivity contribution in [1.29, 1.82) is 0 Å². The Balaban J connectivity index is 3.00. The summed E-state index contributed by atoms with van der Waals surface area (Å²) in [5.41, 5.74) is 0. The standard InChI is InChI=1S/C65H113N13O13/c1-25-45-60(86)72(18)44(17)59(85)73(19)47(32-36(4)5)56(82)71-50(39(10)11)63(89)74(20)46(31-35(2)3)55(81)68-42(15)54(80)69-43(16)58(84)75(21)48(33-37(6)7)61(87)76(22)49(34-38(8)9)62(88)77(23)51(40(12)13)64(90)78(24)52(57(83)70-45)53(79)41(14)27-30-91-65-66-28-26-29-67-65/h26,28-29,35-53,79H,25,27,30-34H2,1-24H3,(H,68,81)(H,69,80)(H,70,83)(H,71,82)/t41-,42+,43-,44-,45+,46+,47+,48+,49+,50+,51+,52-,53-/m1/s1. The van der Waals surface area contributed by atoms with Gasteiger partial charge in [-0.3, -0.25) is 52.7 Å². The van der Waals surface area contributed by atoms with Crippen LogP contribution in [0.25, 0.3) is 0 Å². The van der Waals surface area contributed by atoms with Crippen molar-refractivity contribution in [3.8, 4) is 6.01 Å². The molecule has 11 amide bonds. The number of ether oxygens (including phenoxy) is 1. The van der Waals surface area contributed by atoms with Crippen LogP contribution in [-0.2, 0) is 52.7 Å². The van der Waals surface area contributed by atoms with Gasteiger partial charge in [-0.15, -0.1) is 0 Å². The highest BCUT2D eigenvalue weighted by Crippen LogP contribution is 2.26. The van der Waals surface area contributed by atoms with E-state index in [9.17, 15) is 38.7 Å². The SMILES string of the molecule is CC[C@@H]1NC(=O)[C@@H]([C@H](O)[C@H](C)CCOc2ncccn2)N(C)C(=O)[C@H](C(C)C)N(C)C(=O)[C@H](CC(C)C)N(C)C(=O)[C@H](CC(C)C)N(C)C(=O)[C@@H](C)NC(=O)[C@H](C)NC(=O)[C@H](CC(C)C)N(C)C(=O)[C@H](C(C)C)NC(=O)[C@H](CC(C)C)N(C)C(=O)[C@@H](C)N(C)C1=O. The van der Waals surface area contributed by atoms with E-state index in [0.717, 1.165) is 9.80 Å². The van der Waals surface area contributed by atoms with Gasteiger partial charge in [-0.05, 0) is 107 Å². The summed E-state index contributed by atoms with van der Waals surface area (Å²) in [6.45, 7) is 29.4. The summed E-state index contributed by atoms with van der Waals surface area (Å²) in [7, 11) is 9.86. The monoisotopic (exact) mass is 1280 g/mol. The molecule has 91 heavy (non-hydrogen) atoms. The van der Waals surface area contributed by atoms with E-state index in [2.05, 4.69) is 31.2 Å². The highest BCUT2D eigenvalue weighted by Gasteiger charge is 2.46. The van der Waals surface area contributed by atoms with Crippen molar-refractivity contribution >= 4 is 65.0 Å². The summed E-state index contributed by atoms with van der Waals surface area (Å²) < 4.78 is 5.74. The number of aliphatic hydroxyl groups excluding tert-OH is 1. The average molecular weight is 1280 g/mol. The number of nitrogens with one attached hydrogen (secondary N) is 4. The molecular formula is C65H113N13O13. The molecule has 1 aromatic heterocycles. The zero-order valence-corrected chi connectivity index (χ0v) is 59.0. The highest BCUT2D eigenvalue weighted by atomic mass is 16.5. The van der Waals surface area contributed by atoms with Crippen LogP contribution >= 0.6 is 0 Å². The van der Waals surface area contributed by atoms with Gasteiger partial charge in [0, 0.05) is 61.7 Å². The molecular weight excluding hydrogens is 1170 g/mol. The quantitative estimate of drug-likeness (QED) is 0.150. The number of nitrogens with zero attached hydrogens (tertiary/aromatic N) is 9. The van der Waals surface area contributed by atoms with Gasteiger partial charge < -0.3 is 65.4 Å². The van der Waals surface area contributed by atoms with Crippen LogP contribution in [0.5, 0.6) is 6.01 Å². The van der Waals surface area contributed by atoms with Gasteiger partial charge in [0.2, 0.25) is 65.0 Å². The Morgan fingerprint density at radius 1 is 0.451 bits per heavy atom. The third kappa shape index (κ3) is 22.1. The predicted molar refractivity (Wildman–Crippen MR) is 346 cm³/mol. The normalized spacial score (nSPS) is 26.6. The van der Waals surface area contributed by atoms with Crippen molar-refractivity contribution in [3.63, 3.8) is 0 Å². The van der Waals surface area contributed by atoms with Gasteiger partial charge >= 0.3 is 6.01 Å². The Hall–Kier alpha value is -6.99. The van der Waals surface area contributed by atoms with Crippen molar-refractivity contribution in [2.75, 3.05) is 55.9 Å². The molecule has 13 atom stereocenters. The van der Waals surface area contributed by atoms with Crippen LogP contribution in [0.3, 0.4) is 0 Å². The van der Waals surface area contributed by atoms with Crippen LogP contribution in [-0.4, -0.2) is 243 Å². The number of aliphatic hydroxyl groups is 1. The lowest BCUT2D eigenvalue weighted by Gasteiger charge is -2.41. The van der Waals surface area contributed by atoms with E-state index in [1.165, 1.54) is 107 Å². The molecule has 26 heteroatoms. The number of amides is 11. The first kappa shape index (κ1) is 80.1. The van der Waals surface area contributed by atoms with Crippen molar-refractivity contribution < 1.29 is 62.6 Å². The van der Waals surface area contributed by atoms with Crippen molar-refractivity contribution in [1.82, 2.24) is 65.5 Å². The van der Waals surface area contributed by atoms with E-state index < -0.39 is 155 Å². The van der Waals surface area contributed by atoms with Gasteiger partial charge in [-0.2, -0.15) is 0 Å². The zero-order chi connectivity index (χ0) is 70.0. The topological polar surface area (TPSA) is 314 Å². The Kier molecular flexibility index (Phi) is 32.0. The maximum atomic E-state index is 15.3. The first-order valence-electron chi connectivity index (χ1n) is 32.3. The number of hydrogen-bond donors (Lipinski definition) is 5. The predicted octanol–water partition coefficient (Wildman–Crippen LogP) is 2.95. The average Bonchev–Trinajstić information content (AvgIpc) is 0.883. The molecule has 0 spiro atoms. The molecule has 1 aliphatic rings. The molecule has 0 saturated carbocycles. The van der Waals surface area contributed by atoms with Crippen LogP contribution in [0.15, 0.2) is 18.5 Å². The number of rotatable bonds is 17. The van der Waals surface area contributed by atoms with Crippen molar-refractivity contribution in [3.05, 3.63) is 18.5 Å². The molecule has 2 heterocycles. The molecule has 516 valence electrons. The molecule has 5 N–H and O–H groups in total. The number of aromatic nitrogens is 2. The van der Waals surface area contributed by atoms with Crippen molar-refractivity contribution in [2.45, 2.75) is 229 Å². The van der Waals surface area contributed by atoms with Crippen LogP contribution in [0.4, 0.5) is 0 Å². The lowest BCUT2D eigenvalue weighted by atomic mass is 9.91. The fourth-order valence-electron chi connectivity index (χ4n) is 11.3. The van der Waals surface area contributed by atoms with E-state index in [1.807, 2.05) is 55.4 Å². The highest BCUT2D eigenvalue weighted by molar-refractivity contribution is 6.00. The summed E-state index contributed by atoms with van der Waals surface area (Å²) in [4.78, 5) is 179. The lowest BCUT2D eigenvalue weighted by molar-refractivity contribution is -0.157. The maximum Gasteiger partial charge on any atom is 0.316 e. The van der Waals surface area contributed by atoms with Gasteiger partial charge in [0.1, 0.15) is 66.5 Å². The molecule has 0 radical (unpaired) electrons. The first-order valence-corrected chi connectivity index (χ1v) is 32.3. The summed E-state index contributed by atoms with van der Waals surface area (Å²) in [6.07, 6.45) is 2.02. The van der Waals surface area contributed by atoms with Gasteiger partial charge in [-0.1, -0.05) is 96.9 Å². The molecule has 0 aliphatic carbocycles. The summed E-state index contributed by atoms with van der Waals surface area (Å²) in [5, 5.41) is 23.4. The molecule has 0 aromatic carbocycles. The first-order chi connectivity index (χ1) is 42.2. The third-order valence-electron chi connectivity index (χ3n) is 17.2. The zero-order valence-electron chi connectivity index (χ0n) is 59.0. The lowest BCUT2D eigenvalue weighted by Crippen LogP contribution is -2.64. The molecule has 0 unspecified atom stereocenters. The summed E-state index contributed by atoms with van der Waals surface area (Å²) >= 11 is 0. The van der Waals surface area contributed by atoms with E-state index >= 15 is 19.2 Å². The Morgan fingerprint density at radius 2 is 0.868 bits per heavy atom. The smallest absolute Gasteiger partial charge is 0.316 e. The van der Waals surface area contributed by atoms with Crippen LogP contribution in [0, 0.1) is 41.4 Å². The van der Waals surface area contributed by atoms with E-state index in [-0.39, 0.29) is 74.8 Å². The summed E-state index contributed by atoms with van der Waals surface area (Å²) in [5.74, 6) is -10.3. The molecule has 1 aromatic rings. The Morgan fingerprint density at radius 3 is 1.33 bits per heavy atom. The second kappa shape index (κ2) is 36.3. The number of carbonyl (C=O) groups excluding carboxylic acids is 11. The van der Waals surface area contributed by atoms with E-state index in [1.54, 1.807) is 47.6 Å². The van der Waals surface area contributed by atoms with Gasteiger partial charge in [0.05, 0.1) is 12.7 Å². The third-order valence-corrected chi connectivity index (χ3v) is 17.2. The van der Waals surface area contributed by atoms with Crippen LogP contribution < -0.4 is 26.0 Å². The van der Waals surface area contributed by atoms with Crippen LogP contribution in [0.1, 0.15) is 156 Å². The van der Waals surface area contributed by atoms with Crippen LogP contribution in [0.2, 0.25) is 0 Å². The number of carbonyl (C=O) groups is 11. The molecule has 1 aliphatic heterocycles. The number of likely N-dealkylation sites (N-methyl/N-ethyl adjacent to an activating group) is 7. The summed E-state index contributed by atoms with van der Waals surface area (Å²) in [6, 6.07) is -12.2. The fourth-order valence-corrected chi connectivity index (χ4v) is 11.3. The second-order valence-electron chi connectivity index (χ2n) is 27.3. The molecule has 2 rings (SSSR count). The molecule has 1 saturated heterocycles. The Labute approximate surface area is 541 Å². The number of hydrogen-bond acceptors (Lipinski definition) is 15. The minimum atomic E-state index is -1.71. The Bertz CT molecular complexity index is 2620. The maximum absolute atomic E-state index is 15.3. The van der Waals surface area contributed by atoms with Gasteiger partial charge in [0.15, 0.2) is 0 Å². The fraction of sp³-hybridized carbons (Fsp3) is 0.769. The minimum absolute atomic E-state index is 0.00610. The van der Waals surface area contributed by atoms with Gasteiger partial charge in [-0.25, -0.2) is 9.97 Å². The molecule has 1 fully saturated rings. The van der Waals surface area contributed by atoms with E-state index in [4.69, 9.17) is 4.74 Å². The van der Waals surface area contributed by atoms with E-state index in [0.29, 0.717) is 0 Å². The van der Waals surface area contributed by atoms with Gasteiger partial charge in [0.25, 0.3) is 0 Å². The largest absolute Gasteiger partial charge is 0.463 e. The molecule has 26 nitrogen and oxygen atoms in total. The second-order valence-corrected chi connectivity index (χ2v) is 27.3.